The summed E-state index contributed by atoms with van der Waals surface area (Å²) in [5, 5.41) is 11.4. The Balaban J connectivity index is 1.65. The van der Waals surface area contributed by atoms with Crippen molar-refractivity contribution in [3.63, 3.8) is 0 Å². The number of ketones is 1. The first-order chi connectivity index (χ1) is 17.8. The summed E-state index contributed by atoms with van der Waals surface area (Å²) in [6, 6.07) is 17.5. The van der Waals surface area contributed by atoms with Gasteiger partial charge in [0.25, 0.3) is 11.7 Å². The first kappa shape index (κ1) is 24.1. The van der Waals surface area contributed by atoms with Gasteiger partial charge in [0.15, 0.2) is 0 Å². The minimum Gasteiger partial charge on any atom is -0.507 e. The molecule has 8 nitrogen and oxygen atoms in total. The van der Waals surface area contributed by atoms with Crippen LogP contribution in [0.3, 0.4) is 0 Å². The number of aliphatic hydroxyl groups is 1. The van der Waals surface area contributed by atoms with Crippen molar-refractivity contribution in [2.45, 2.75) is 25.5 Å². The summed E-state index contributed by atoms with van der Waals surface area (Å²) in [4.78, 5) is 40.0. The largest absolute Gasteiger partial charge is 0.507 e. The molecule has 8 heteroatoms. The highest BCUT2D eigenvalue weighted by Gasteiger charge is 2.47. The van der Waals surface area contributed by atoms with Gasteiger partial charge in [0.05, 0.1) is 31.4 Å². The maximum absolute atomic E-state index is 13.4. The Morgan fingerprint density at radius 3 is 2.30 bits per heavy atom. The fourth-order valence-electron chi connectivity index (χ4n) is 4.80. The lowest BCUT2D eigenvalue weighted by molar-refractivity contribution is -0.132. The molecule has 188 valence electrons. The van der Waals surface area contributed by atoms with Crippen LogP contribution in [-0.2, 0) is 20.7 Å². The highest BCUT2D eigenvalue weighted by molar-refractivity contribution is 6.51. The highest BCUT2D eigenvalue weighted by atomic mass is 16.5. The Bertz CT molecular complexity index is 1420. The lowest BCUT2D eigenvalue weighted by Gasteiger charge is -2.25. The third-order valence-corrected chi connectivity index (χ3v) is 6.61. The van der Waals surface area contributed by atoms with Gasteiger partial charge in [0, 0.05) is 17.7 Å². The first-order valence-electron chi connectivity index (χ1n) is 11.8. The molecule has 1 N–H and O–H groups in total. The molecule has 3 aromatic carbocycles. The summed E-state index contributed by atoms with van der Waals surface area (Å²) in [7, 11) is 2.83. The van der Waals surface area contributed by atoms with E-state index >= 15 is 0 Å². The van der Waals surface area contributed by atoms with Crippen molar-refractivity contribution in [2.75, 3.05) is 19.1 Å². The Morgan fingerprint density at radius 2 is 1.65 bits per heavy atom. The molecule has 2 heterocycles. The van der Waals surface area contributed by atoms with Crippen molar-refractivity contribution < 1.29 is 33.7 Å². The van der Waals surface area contributed by atoms with E-state index in [1.807, 2.05) is 6.92 Å². The molecule has 1 fully saturated rings. The van der Waals surface area contributed by atoms with Gasteiger partial charge in [-0.3, -0.25) is 14.5 Å². The summed E-state index contributed by atoms with van der Waals surface area (Å²) in [6.45, 7) is 1.96. The number of anilines is 1. The van der Waals surface area contributed by atoms with Crippen molar-refractivity contribution in [2.24, 2.45) is 0 Å². The second kappa shape index (κ2) is 9.46. The van der Waals surface area contributed by atoms with Crippen LogP contribution in [-0.4, -0.2) is 43.1 Å². The van der Waals surface area contributed by atoms with Crippen LogP contribution in [0.4, 0.5) is 5.69 Å². The number of rotatable bonds is 5. The van der Waals surface area contributed by atoms with Crippen molar-refractivity contribution in [3.05, 3.63) is 94.6 Å². The van der Waals surface area contributed by atoms with Crippen LogP contribution in [0.25, 0.3) is 5.76 Å². The number of hydrogen-bond acceptors (Lipinski definition) is 7. The minimum absolute atomic E-state index is 0.0187. The molecule has 0 radical (unpaired) electrons. The highest BCUT2D eigenvalue weighted by Crippen LogP contribution is 2.43. The number of benzene rings is 3. The van der Waals surface area contributed by atoms with Gasteiger partial charge >= 0.3 is 5.97 Å². The van der Waals surface area contributed by atoms with Crippen molar-refractivity contribution in [3.8, 4) is 11.5 Å². The van der Waals surface area contributed by atoms with Crippen molar-refractivity contribution in [1.29, 1.82) is 0 Å². The monoisotopic (exact) mass is 499 g/mol. The third-order valence-electron chi connectivity index (χ3n) is 6.61. The normalized spacial score (nSPS) is 19.9. The van der Waals surface area contributed by atoms with E-state index < -0.39 is 23.7 Å². The van der Waals surface area contributed by atoms with Gasteiger partial charge in [-0.2, -0.15) is 0 Å². The molecule has 0 saturated carbocycles. The van der Waals surface area contributed by atoms with Gasteiger partial charge in [-0.15, -0.1) is 0 Å². The maximum Gasteiger partial charge on any atom is 0.337 e. The minimum atomic E-state index is -0.904. The summed E-state index contributed by atoms with van der Waals surface area (Å²) >= 11 is 0. The number of carbonyl (C=O) groups excluding carboxylic acids is 3. The summed E-state index contributed by atoms with van der Waals surface area (Å²) in [5.74, 6) is -1.03. The summed E-state index contributed by atoms with van der Waals surface area (Å²) in [5.41, 5.74) is 2.62. The van der Waals surface area contributed by atoms with E-state index in [0.717, 1.165) is 11.3 Å². The molecule has 1 saturated heterocycles. The Labute approximate surface area is 213 Å². The zero-order valence-electron chi connectivity index (χ0n) is 20.6. The van der Waals surface area contributed by atoms with E-state index in [0.29, 0.717) is 34.5 Å². The number of Topliss-reactive ketones (excluding diaryl/α,β-unsaturated/α-hetero) is 1. The van der Waals surface area contributed by atoms with Crippen LogP contribution in [0, 0.1) is 0 Å². The van der Waals surface area contributed by atoms with Crippen LogP contribution >= 0.6 is 0 Å². The molecular weight excluding hydrogens is 474 g/mol. The van der Waals surface area contributed by atoms with E-state index in [2.05, 4.69) is 0 Å². The fourth-order valence-corrected chi connectivity index (χ4v) is 4.80. The molecule has 2 unspecified atom stereocenters. The SMILES string of the molecule is COC(=O)c1ccc(N2C(=O)C(=O)/C(=C(\O)c3ccc4c(c3)CC(C)O4)C2c2ccc(OC)cc2)cc1. The molecule has 5 rings (SSSR count). The quantitative estimate of drug-likeness (QED) is 0.240. The predicted octanol–water partition coefficient (Wildman–Crippen LogP) is 4.43. The number of hydrogen-bond donors (Lipinski definition) is 1. The number of nitrogens with zero attached hydrogens (tertiary/aromatic N) is 1. The molecule has 2 atom stereocenters. The number of methoxy groups -OCH3 is 2. The zero-order valence-corrected chi connectivity index (χ0v) is 20.6. The number of fused-ring (bicyclic) bond motifs is 1. The van der Waals surface area contributed by atoms with Crippen LogP contribution < -0.4 is 14.4 Å². The smallest absolute Gasteiger partial charge is 0.337 e. The van der Waals surface area contributed by atoms with Gasteiger partial charge < -0.3 is 19.3 Å². The van der Waals surface area contributed by atoms with E-state index in [1.54, 1.807) is 61.7 Å². The molecule has 2 aliphatic heterocycles. The molecule has 3 aromatic rings. The molecule has 0 aliphatic carbocycles. The Hall–Kier alpha value is -4.59. The molecular formula is C29H25NO7. The second-order valence-electron chi connectivity index (χ2n) is 8.94. The van der Waals surface area contributed by atoms with Gasteiger partial charge in [-0.1, -0.05) is 12.1 Å². The van der Waals surface area contributed by atoms with Crippen LogP contribution in [0.2, 0.25) is 0 Å². The number of ether oxygens (including phenoxy) is 3. The fraction of sp³-hybridized carbons (Fsp3) is 0.207. The maximum atomic E-state index is 13.4. The second-order valence-corrected chi connectivity index (χ2v) is 8.94. The van der Waals surface area contributed by atoms with E-state index in [9.17, 15) is 19.5 Å². The number of carbonyl (C=O) groups is 3. The lowest BCUT2D eigenvalue weighted by Crippen LogP contribution is -2.29. The molecule has 2 aliphatic rings. The lowest BCUT2D eigenvalue weighted by atomic mass is 9.94. The molecule has 0 bridgehead atoms. The number of esters is 1. The van der Waals surface area contributed by atoms with Gasteiger partial charge in [-0.25, -0.2) is 4.79 Å². The van der Waals surface area contributed by atoms with Gasteiger partial charge in [0.1, 0.15) is 23.4 Å². The summed E-state index contributed by atoms with van der Waals surface area (Å²) < 4.78 is 15.8. The van der Waals surface area contributed by atoms with E-state index in [1.165, 1.54) is 24.1 Å². The van der Waals surface area contributed by atoms with E-state index in [-0.39, 0.29) is 17.4 Å². The zero-order chi connectivity index (χ0) is 26.3. The van der Waals surface area contributed by atoms with Crippen molar-refractivity contribution in [1.82, 2.24) is 0 Å². The first-order valence-corrected chi connectivity index (χ1v) is 11.8. The van der Waals surface area contributed by atoms with Gasteiger partial charge in [0.2, 0.25) is 0 Å². The number of aliphatic hydroxyl groups excluding tert-OH is 1. The van der Waals surface area contributed by atoms with Gasteiger partial charge in [-0.05, 0) is 72.6 Å². The topological polar surface area (TPSA) is 102 Å². The molecule has 0 spiro atoms. The molecule has 37 heavy (non-hydrogen) atoms. The third kappa shape index (κ3) is 4.20. The Kier molecular flexibility index (Phi) is 6.17. The summed E-state index contributed by atoms with van der Waals surface area (Å²) in [6.07, 6.45) is 0.699. The van der Waals surface area contributed by atoms with E-state index in [4.69, 9.17) is 14.2 Å². The average Bonchev–Trinajstić information content (AvgIpc) is 3.43. The van der Waals surface area contributed by atoms with Crippen LogP contribution in [0.5, 0.6) is 11.5 Å². The Morgan fingerprint density at radius 1 is 0.973 bits per heavy atom. The molecule has 1 amide bonds. The number of amides is 1. The average molecular weight is 500 g/mol. The van der Waals surface area contributed by atoms with Crippen LogP contribution in [0.15, 0.2) is 72.3 Å². The molecule has 0 aromatic heterocycles. The predicted molar refractivity (Wildman–Crippen MR) is 136 cm³/mol. The van der Waals surface area contributed by atoms with Crippen LogP contribution in [0.1, 0.15) is 40.0 Å². The van der Waals surface area contributed by atoms with Crippen molar-refractivity contribution >= 4 is 29.1 Å². The standard InChI is InChI=1S/C29H25NO7/c1-16-14-20-15-19(8-13-23(20)37-16)26(31)24-25(17-6-11-22(35-2)12-7-17)30(28(33)27(24)32)21-9-4-18(5-10-21)29(34)36-3/h4-13,15-16,25,31H,14H2,1-3H3/b26-24-.